The van der Waals surface area contributed by atoms with Gasteiger partial charge in [-0.15, -0.1) is 0 Å². The van der Waals surface area contributed by atoms with E-state index in [9.17, 15) is 19.2 Å². The van der Waals surface area contributed by atoms with Crippen molar-refractivity contribution in [3.05, 3.63) is 18.2 Å². The largest absolute Gasteiger partial charge is 0.497 e. The summed E-state index contributed by atoms with van der Waals surface area (Å²) in [6.07, 6.45) is 3.14. The van der Waals surface area contributed by atoms with E-state index in [1.807, 2.05) is 0 Å². The first-order chi connectivity index (χ1) is 14.4. The van der Waals surface area contributed by atoms with Gasteiger partial charge in [0, 0.05) is 6.07 Å². The molecule has 0 spiro atoms. The van der Waals surface area contributed by atoms with Crippen molar-refractivity contribution in [2.75, 3.05) is 26.1 Å². The quantitative estimate of drug-likeness (QED) is 0.530. The molecule has 0 radical (unpaired) electrons. The van der Waals surface area contributed by atoms with Gasteiger partial charge in [0.2, 0.25) is 11.8 Å². The molecule has 2 aliphatic rings. The summed E-state index contributed by atoms with van der Waals surface area (Å²) in [7, 11) is 2.96. The Morgan fingerprint density at radius 3 is 2.30 bits per heavy atom. The Morgan fingerprint density at radius 1 is 1.10 bits per heavy atom. The molecule has 1 aliphatic heterocycles. The molecule has 0 aromatic heterocycles. The molecule has 1 saturated carbocycles. The molecular weight excluding hydrogens is 392 g/mol. The molecule has 3 atom stereocenters. The second-order valence-electron chi connectivity index (χ2n) is 7.44. The smallest absolute Gasteiger partial charge is 0.329 e. The maximum Gasteiger partial charge on any atom is 0.329 e. The molecule has 9 nitrogen and oxygen atoms in total. The van der Waals surface area contributed by atoms with Crippen molar-refractivity contribution in [3.8, 4) is 11.5 Å². The highest BCUT2D eigenvalue weighted by Gasteiger charge is 2.51. The van der Waals surface area contributed by atoms with Crippen molar-refractivity contribution >= 4 is 29.4 Å². The Balaban J connectivity index is 1.57. The number of esters is 1. The predicted octanol–water partition coefficient (Wildman–Crippen LogP) is 1.75. The molecular formula is C21H26N2O7. The van der Waals surface area contributed by atoms with Crippen molar-refractivity contribution in [2.45, 2.75) is 38.6 Å². The maximum atomic E-state index is 12.6. The second-order valence-corrected chi connectivity index (χ2v) is 7.44. The molecule has 1 aliphatic carbocycles. The molecule has 1 aromatic rings. The summed E-state index contributed by atoms with van der Waals surface area (Å²) < 4.78 is 15.4. The molecule has 1 heterocycles. The van der Waals surface area contributed by atoms with Crippen LogP contribution in [-0.2, 0) is 23.9 Å². The minimum absolute atomic E-state index is 0.318. The summed E-state index contributed by atoms with van der Waals surface area (Å²) in [5.74, 6) is -1.74. The van der Waals surface area contributed by atoms with Crippen molar-refractivity contribution in [2.24, 2.45) is 11.8 Å². The lowest BCUT2D eigenvalue weighted by molar-refractivity contribution is -0.159. The van der Waals surface area contributed by atoms with E-state index in [0.717, 1.165) is 17.7 Å². The number of ether oxygens (including phenoxy) is 3. The standard InChI is InChI=1S/C21H26N2O7/c1-12(23-19(25)14-6-4-5-7-15(14)20(23)26)21(27)30-11-18(24)22-16-9-8-13(28-2)10-17(16)29-3/h8-10,12,14-15H,4-7,11H2,1-3H3,(H,22,24)/t12-,14-,15+/m0/s1. The molecule has 3 amide bonds. The summed E-state index contributed by atoms with van der Waals surface area (Å²) in [6.45, 7) is 0.890. The number of imide groups is 1. The van der Waals surface area contributed by atoms with E-state index in [1.54, 1.807) is 18.2 Å². The first-order valence-corrected chi connectivity index (χ1v) is 9.92. The van der Waals surface area contributed by atoms with Gasteiger partial charge in [0.15, 0.2) is 6.61 Å². The number of hydrogen-bond donors (Lipinski definition) is 1. The average Bonchev–Trinajstić information content (AvgIpc) is 3.02. The van der Waals surface area contributed by atoms with Crippen LogP contribution in [0.1, 0.15) is 32.6 Å². The third kappa shape index (κ3) is 4.24. The van der Waals surface area contributed by atoms with Crippen LogP contribution in [0.5, 0.6) is 11.5 Å². The van der Waals surface area contributed by atoms with E-state index >= 15 is 0 Å². The lowest BCUT2D eigenvalue weighted by atomic mass is 9.81. The molecule has 162 valence electrons. The Kier molecular flexibility index (Phi) is 6.59. The van der Waals surface area contributed by atoms with Crippen LogP contribution in [0.4, 0.5) is 5.69 Å². The maximum absolute atomic E-state index is 12.6. The highest BCUT2D eigenvalue weighted by molar-refractivity contribution is 6.08. The Hall–Kier alpha value is -3.10. The zero-order valence-corrected chi connectivity index (χ0v) is 17.3. The van der Waals surface area contributed by atoms with E-state index in [-0.39, 0.29) is 23.7 Å². The highest BCUT2D eigenvalue weighted by Crippen LogP contribution is 2.39. The summed E-state index contributed by atoms with van der Waals surface area (Å²) in [6, 6.07) is 3.78. The van der Waals surface area contributed by atoms with Crippen molar-refractivity contribution in [1.82, 2.24) is 4.90 Å². The summed E-state index contributed by atoms with van der Waals surface area (Å²) in [5.41, 5.74) is 0.390. The molecule has 3 rings (SSSR count). The predicted molar refractivity (Wildman–Crippen MR) is 106 cm³/mol. The minimum atomic E-state index is -1.07. The Bertz CT molecular complexity index is 830. The molecule has 0 unspecified atom stereocenters. The summed E-state index contributed by atoms with van der Waals surface area (Å²) >= 11 is 0. The van der Waals surface area contributed by atoms with E-state index in [2.05, 4.69) is 5.32 Å². The van der Waals surface area contributed by atoms with Crippen molar-refractivity contribution in [1.29, 1.82) is 0 Å². The number of likely N-dealkylation sites (tertiary alicyclic amines) is 1. The summed E-state index contributed by atoms with van der Waals surface area (Å²) in [5, 5.41) is 2.59. The minimum Gasteiger partial charge on any atom is -0.497 e. The molecule has 2 fully saturated rings. The first-order valence-electron chi connectivity index (χ1n) is 9.92. The van der Waals surface area contributed by atoms with Crippen LogP contribution in [0.15, 0.2) is 18.2 Å². The van der Waals surface area contributed by atoms with Gasteiger partial charge < -0.3 is 19.5 Å². The third-order valence-corrected chi connectivity index (χ3v) is 5.63. The second kappa shape index (κ2) is 9.15. The number of amides is 3. The average molecular weight is 418 g/mol. The lowest BCUT2D eigenvalue weighted by Crippen LogP contribution is -2.45. The van der Waals surface area contributed by atoms with E-state index in [4.69, 9.17) is 14.2 Å². The van der Waals surface area contributed by atoms with Crippen LogP contribution in [-0.4, -0.2) is 55.5 Å². The number of benzene rings is 1. The van der Waals surface area contributed by atoms with Crippen LogP contribution in [0.2, 0.25) is 0 Å². The first kappa shape index (κ1) is 21.6. The fourth-order valence-corrected chi connectivity index (χ4v) is 4.02. The van der Waals surface area contributed by atoms with E-state index < -0.39 is 24.5 Å². The number of hydrogen-bond acceptors (Lipinski definition) is 7. The van der Waals surface area contributed by atoms with Gasteiger partial charge in [0.1, 0.15) is 17.5 Å². The van der Waals surface area contributed by atoms with Gasteiger partial charge in [-0.1, -0.05) is 12.8 Å². The lowest BCUT2D eigenvalue weighted by Gasteiger charge is -2.21. The number of rotatable bonds is 7. The Labute approximate surface area is 174 Å². The fourth-order valence-electron chi connectivity index (χ4n) is 4.02. The van der Waals surface area contributed by atoms with Gasteiger partial charge in [-0.25, -0.2) is 4.79 Å². The van der Waals surface area contributed by atoms with E-state index in [1.165, 1.54) is 21.1 Å². The van der Waals surface area contributed by atoms with Gasteiger partial charge in [-0.05, 0) is 31.9 Å². The van der Waals surface area contributed by atoms with Crippen molar-refractivity contribution < 1.29 is 33.4 Å². The zero-order chi connectivity index (χ0) is 21.8. The summed E-state index contributed by atoms with van der Waals surface area (Å²) in [4.78, 5) is 50.8. The third-order valence-electron chi connectivity index (χ3n) is 5.63. The number of anilines is 1. The molecule has 9 heteroatoms. The van der Waals surface area contributed by atoms with Crippen LogP contribution in [0, 0.1) is 11.8 Å². The van der Waals surface area contributed by atoms with Crippen LogP contribution in [0.25, 0.3) is 0 Å². The van der Waals surface area contributed by atoms with Gasteiger partial charge in [0.05, 0.1) is 31.7 Å². The van der Waals surface area contributed by atoms with Gasteiger partial charge in [-0.3, -0.25) is 19.3 Å². The molecule has 0 bridgehead atoms. The topological polar surface area (TPSA) is 111 Å². The highest BCUT2D eigenvalue weighted by atomic mass is 16.5. The van der Waals surface area contributed by atoms with Gasteiger partial charge >= 0.3 is 5.97 Å². The number of fused-ring (bicyclic) bond motifs is 1. The van der Waals surface area contributed by atoms with Gasteiger partial charge in [-0.2, -0.15) is 0 Å². The monoisotopic (exact) mass is 418 g/mol. The number of carbonyl (C=O) groups excluding carboxylic acids is 4. The molecule has 1 aromatic carbocycles. The number of methoxy groups -OCH3 is 2. The zero-order valence-electron chi connectivity index (χ0n) is 17.3. The number of nitrogens with one attached hydrogen (secondary N) is 1. The fraction of sp³-hybridized carbons (Fsp3) is 0.524. The van der Waals surface area contributed by atoms with Crippen LogP contribution in [0.3, 0.4) is 0 Å². The molecule has 1 N–H and O–H groups in total. The van der Waals surface area contributed by atoms with Gasteiger partial charge in [0.25, 0.3) is 5.91 Å². The number of nitrogens with zero attached hydrogens (tertiary/aromatic N) is 1. The Morgan fingerprint density at radius 2 is 1.73 bits per heavy atom. The van der Waals surface area contributed by atoms with E-state index in [0.29, 0.717) is 30.0 Å². The van der Waals surface area contributed by atoms with Crippen LogP contribution < -0.4 is 14.8 Å². The SMILES string of the molecule is COc1ccc(NC(=O)COC(=O)[C@H](C)N2C(=O)[C@H]3CCCC[C@H]3C2=O)c(OC)c1. The number of carbonyl (C=O) groups is 4. The van der Waals surface area contributed by atoms with Crippen LogP contribution >= 0.6 is 0 Å². The van der Waals surface area contributed by atoms with Crippen molar-refractivity contribution in [3.63, 3.8) is 0 Å². The molecule has 1 saturated heterocycles. The normalized spacial score (nSPS) is 21.6. The molecule has 30 heavy (non-hydrogen) atoms.